The van der Waals surface area contributed by atoms with E-state index >= 15 is 0 Å². The third kappa shape index (κ3) is 4.75. The van der Waals surface area contributed by atoms with Gasteiger partial charge < -0.3 is 4.79 Å². The first-order valence-corrected chi connectivity index (χ1v) is 5.41. The van der Waals surface area contributed by atoms with E-state index in [-0.39, 0.29) is 11.1 Å². The minimum atomic E-state index is 0.168. The molecule has 0 aromatic heterocycles. The van der Waals surface area contributed by atoms with Crippen LogP contribution in [-0.4, -0.2) is 28.8 Å². The lowest BCUT2D eigenvalue weighted by atomic mass is 9.95. The molecule has 0 rings (SSSR count). The van der Waals surface area contributed by atoms with Gasteiger partial charge in [0.15, 0.2) is 0 Å². The summed E-state index contributed by atoms with van der Waals surface area (Å²) in [6, 6.07) is 0. The van der Waals surface area contributed by atoms with E-state index < -0.39 is 0 Å². The minimum Gasteiger partial charge on any atom is -0.303 e. The summed E-state index contributed by atoms with van der Waals surface area (Å²) in [5.74, 6) is 0. The van der Waals surface area contributed by atoms with Crippen LogP contribution >= 0.6 is 0 Å². The normalized spacial score (nSPS) is 13.4. The second kappa shape index (κ2) is 4.92. The Morgan fingerprint density at radius 1 is 1.00 bits per heavy atom. The number of aldehydes is 1. The van der Waals surface area contributed by atoms with Gasteiger partial charge in [-0.05, 0) is 54.5 Å². The highest BCUT2D eigenvalue weighted by Crippen LogP contribution is 2.24. The Morgan fingerprint density at radius 3 is 1.71 bits per heavy atom. The molecule has 0 bridgehead atoms. The number of unbranched alkanes of at least 4 members (excludes halogenated alkanes) is 1. The Labute approximate surface area is 88.7 Å². The van der Waals surface area contributed by atoms with Crippen molar-refractivity contribution < 1.29 is 4.79 Å². The molecule has 0 unspecified atom stereocenters. The molecule has 0 spiro atoms. The van der Waals surface area contributed by atoms with Crippen LogP contribution < -0.4 is 0 Å². The Hall–Kier alpha value is -0.370. The maximum absolute atomic E-state index is 10.3. The molecule has 0 aromatic rings. The van der Waals surface area contributed by atoms with Crippen molar-refractivity contribution in [1.29, 1.82) is 0 Å². The number of hydrogen-bond acceptors (Lipinski definition) is 2. The molecule has 0 aliphatic heterocycles. The van der Waals surface area contributed by atoms with Crippen molar-refractivity contribution in [3.8, 4) is 0 Å². The topological polar surface area (TPSA) is 20.3 Å². The molecule has 0 aromatic carbocycles. The van der Waals surface area contributed by atoms with Crippen molar-refractivity contribution in [2.24, 2.45) is 0 Å². The fourth-order valence-corrected chi connectivity index (χ4v) is 2.01. The molecule has 0 radical (unpaired) electrons. The molecule has 2 nitrogen and oxygen atoms in total. The number of rotatable bonds is 4. The zero-order chi connectivity index (χ0) is 11.4. The summed E-state index contributed by atoms with van der Waals surface area (Å²) in [5.41, 5.74) is 0.336. The number of carbonyl (C=O) groups excluding carboxylic acids is 1. The van der Waals surface area contributed by atoms with Crippen LogP contribution in [-0.2, 0) is 4.79 Å². The lowest BCUT2D eigenvalue weighted by Gasteiger charge is -2.45. The number of nitrogens with zero attached hydrogens (tertiary/aromatic N) is 1. The van der Waals surface area contributed by atoms with Crippen LogP contribution in [0.5, 0.6) is 0 Å². The minimum absolute atomic E-state index is 0.168. The highest BCUT2D eigenvalue weighted by Gasteiger charge is 2.30. The standard InChI is InChI=1S/C12H25NO/c1-11(2,3)13(12(4,5)6)9-7-8-10-14/h10H,7-9H2,1-6H3. The van der Waals surface area contributed by atoms with Gasteiger partial charge in [0.2, 0.25) is 0 Å². The fourth-order valence-electron chi connectivity index (χ4n) is 2.01. The van der Waals surface area contributed by atoms with E-state index in [1.54, 1.807) is 0 Å². The van der Waals surface area contributed by atoms with Gasteiger partial charge in [0.25, 0.3) is 0 Å². The van der Waals surface area contributed by atoms with Gasteiger partial charge >= 0.3 is 0 Å². The highest BCUT2D eigenvalue weighted by molar-refractivity contribution is 5.49. The van der Waals surface area contributed by atoms with E-state index in [0.717, 1.165) is 19.3 Å². The van der Waals surface area contributed by atoms with Crippen LogP contribution in [0.2, 0.25) is 0 Å². The van der Waals surface area contributed by atoms with Gasteiger partial charge in [-0.3, -0.25) is 4.90 Å². The van der Waals surface area contributed by atoms with Gasteiger partial charge in [-0.15, -0.1) is 0 Å². The molecule has 14 heavy (non-hydrogen) atoms. The van der Waals surface area contributed by atoms with Gasteiger partial charge in [-0.25, -0.2) is 0 Å². The van der Waals surface area contributed by atoms with Crippen LogP contribution in [0.1, 0.15) is 54.4 Å². The van der Waals surface area contributed by atoms with Crippen LogP contribution in [0.15, 0.2) is 0 Å². The number of carbonyl (C=O) groups is 1. The summed E-state index contributed by atoms with van der Waals surface area (Å²) in [5, 5.41) is 0. The smallest absolute Gasteiger partial charge is 0.120 e. The molecule has 0 N–H and O–H groups in total. The van der Waals surface area contributed by atoms with Gasteiger partial charge in [0, 0.05) is 17.5 Å². The van der Waals surface area contributed by atoms with E-state index in [0.29, 0.717) is 6.42 Å². The van der Waals surface area contributed by atoms with E-state index in [4.69, 9.17) is 0 Å². The van der Waals surface area contributed by atoms with E-state index in [1.807, 2.05) is 0 Å². The summed E-state index contributed by atoms with van der Waals surface area (Å²) >= 11 is 0. The predicted molar refractivity (Wildman–Crippen MR) is 61.5 cm³/mol. The second-order valence-electron chi connectivity index (χ2n) is 5.80. The van der Waals surface area contributed by atoms with Crippen molar-refractivity contribution >= 4 is 6.29 Å². The third-order valence-corrected chi connectivity index (χ3v) is 2.32. The Bertz CT molecular complexity index is 160. The van der Waals surface area contributed by atoms with E-state index in [1.165, 1.54) is 0 Å². The monoisotopic (exact) mass is 199 g/mol. The molecule has 0 saturated heterocycles. The maximum atomic E-state index is 10.3. The first-order valence-electron chi connectivity index (χ1n) is 5.41. The lowest BCUT2D eigenvalue weighted by Crippen LogP contribution is -2.52. The van der Waals surface area contributed by atoms with Gasteiger partial charge in [0.05, 0.1) is 0 Å². The Morgan fingerprint density at radius 2 is 1.43 bits per heavy atom. The molecular weight excluding hydrogens is 174 g/mol. The maximum Gasteiger partial charge on any atom is 0.120 e. The summed E-state index contributed by atoms with van der Waals surface area (Å²) in [7, 11) is 0. The third-order valence-electron chi connectivity index (χ3n) is 2.32. The van der Waals surface area contributed by atoms with Gasteiger partial charge in [-0.1, -0.05) is 0 Å². The van der Waals surface area contributed by atoms with Crippen LogP contribution in [0, 0.1) is 0 Å². The fraction of sp³-hybridized carbons (Fsp3) is 0.917. The van der Waals surface area contributed by atoms with Crippen molar-refractivity contribution in [3.05, 3.63) is 0 Å². The largest absolute Gasteiger partial charge is 0.303 e. The Kier molecular flexibility index (Phi) is 4.79. The van der Waals surface area contributed by atoms with Crippen molar-refractivity contribution in [1.82, 2.24) is 4.90 Å². The van der Waals surface area contributed by atoms with Crippen LogP contribution in [0.4, 0.5) is 0 Å². The van der Waals surface area contributed by atoms with E-state index in [9.17, 15) is 4.79 Å². The summed E-state index contributed by atoms with van der Waals surface area (Å²) in [6.07, 6.45) is 2.63. The lowest BCUT2D eigenvalue weighted by molar-refractivity contribution is -0.108. The summed E-state index contributed by atoms with van der Waals surface area (Å²) in [6.45, 7) is 14.3. The first kappa shape index (κ1) is 13.6. The van der Waals surface area contributed by atoms with E-state index in [2.05, 4.69) is 46.4 Å². The molecule has 0 amide bonds. The average Bonchev–Trinajstić information content (AvgIpc) is 1.92. The second-order valence-corrected chi connectivity index (χ2v) is 5.80. The predicted octanol–water partition coefficient (Wildman–Crippen LogP) is 2.86. The Balaban J connectivity index is 4.35. The van der Waals surface area contributed by atoms with Crippen LogP contribution in [0.25, 0.3) is 0 Å². The molecule has 0 aliphatic carbocycles. The quantitative estimate of drug-likeness (QED) is 0.512. The van der Waals surface area contributed by atoms with Crippen molar-refractivity contribution in [2.75, 3.05) is 6.54 Å². The summed E-state index contributed by atoms with van der Waals surface area (Å²) in [4.78, 5) is 12.7. The molecule has 2 heteroatoms. The first-order chi connectivity index (χ1) is 6.19. The van der Waals surface area contributed by atoms with Crippen molar-refractivity contribution in [2.45, 2.75) is 65.5 Å². The van der Waals surface area contributed by atoms with Gasteiger partial charge in [-0.2, -0.15) is 0 Å². The molecule has 84 valence electrons. The highest BCUT2D eigenvalue weighted by atomic mass is 16.1. The molecule has 0 aliphatic rings. The van der Waals surface area contributed by atoms with Gasteiger partial charge in [0.1, 0.15) is 6.29 Å². The molecule has 0 saturated carbocycles. The van der Waals surface area contributed by atoms with Crippen LogP contribution in [0.3, 0.4) is 0 Å². The number of hydrogen-bond donors (Lipinski definition) is 0. The molecule has 0 heterocycles. The van der Waals surface area contributed by atoms with Crippen molar-refractivity contribution in [3.63, 3.8) is 0 Å². The zero-order valence-electron chi connectivity index (χ0n) is 10.6. The molecule has 0 atom stereocenters. The zero-order valence-corrected chi connectivity index (χ0v) is 10.6. The average molecular weight is 199 g/mol. The SMILES string of the molecule is CC(C)(C)N(CCCC=O)C(C)(C)C. The molecule has 0 fully saturated rings. The molecular formula is C12H25NO. The summed E-state index contributed by atoms with van der Waals surface area (Å²) < 4.78 is 0.